The van der Waals surface area contributed by atoms with Crippen molar-refractivity contribution in [3.05, 3.63) is 11.6 Å². The topological polar surface area (TPSA) is 0 Å². The molecule has 4 rings (SSSR count). The quantitative estimate of drug-likeness (QED) is 0.336. The Morgan fingerprint density at radius 3 is 2.63 bits per heavy atom. The Balaban J connectivity index is 1.48. The van der Waals surface area contributed by atoms with Crippen LogP contribution in [0.25, 0.3) is 0 Å². The van der Waals surface area contributed by atoms with E-state index in [4.69, 9.17) is 0 Å². The normalized spacial score (nSPS) is 44.3. The molecule has 6 unspecified atom stereocenters. The van der Waals surface area contributed by atoms with E-state index in [0.29, 0.717) is 10.8 Å². The Bertz CT molecular complexity index is 542. The molecule has 0 spiro atoms. The van der Waals surface area contributed by atoms with Crippen LogP contribution in [0.2, 0.25) is 0 Å². The zero-order chi connectivity index (χ0) is 19.1. The molecule has 0 bridgehead atoms. The summed E-state index contributed by atoms with van der Waals surface area (Å²) in [5, 5.41) is 0. The lowest BCUT2D eigenvalue weighted by Crippen LogP contribution is -2.53. The van der Waals surface area contributed by atoms with E-state index in [-0.39, 0.29) is 0 Å². The van der Waals surface area contributed by atoms with Gasteiger partial charge in [-0.3, -0.25) is 0 Å². The second-order valence-corrected chi connectivity index (χ2v) is 11.8. The molecule has 0 radical (unpaired) electrons. The number of fused-ring (bicyclic) bond motifs is 5. The molecule has 0 saturated heterocycles. The summed E-state index contributed by atoms with van der Waals surface area (Å²) in [4.78, 5) is 0. The molecule has 4 aliphatic carbocycles. The fourth-order valence-corrected chi connectivity index (χ4v) is 8.43. The van der Waals surface area contributed by atoms with Gasteiger partial charge in [-0.1, -0.05) is 71.4 Å². The van der Waals surface area contributed by atoms with E-state index < -0.39 is 0 Å². The van der Waals surface area contributed by atoms with Crippen molar-refractivity contribution in [1.29, 1.82) is 0 Å². The van der Waals surface area contributed by atoms with Gasteiger partial charge in [0.05, 0.1) is 0 Å². The largest absolute Gasteiger partial charge is 0.0845 e. The van der Waals surface area contributed by atoms with E-state index >= 15 is 0 Å². The van der Waals surface area contributed by atoms with Gasteiger partial charge in [-0.05, 0) is 98.2 Å². The summed E-state index contributed by atoms with van der Waals surface area (Å²) < 4.78 is 0. The SMILES string of the molecule is CC(C)CCCCC1CCCC2C3CC=C4CCCCC4(C)C3CCC12C. The summed E-state index contributed by atoms with van der Waals surface area (Å²) in [5.41, 5.74) is 3.11. The third-order valence-corrected chi connectivity index (χ3v) is 10.0. The second kappa shape index (κ2) is 7.87. The summed E-state index contributed by atoms with van der Waals surface area (Å²) in [6.45, 7) is 10.2. The Morgan fingerprint density at radius 1 is 0.963 bits per heavy atom. The minimum atomic E-state index is 0.576. The van der Waals surface area contributed by atoms with E-state index in [1.54, 1.807) is 6.42 Å². The van der Waals surface area contributed by atoms with Gasteiger partial charge in [-0.25, -0.2) is 0 Å². The van der Waals surface area contributed by atoms with Gasteiger partial charge in [0.2, 0.25) is 0 Å². The number of unbranched alkanes of at least 4 members (excludes halogenated alkanes) is 1. The molecule has 3 saturated carbocycles. The Morgan fingerprint density at radius 2 is 1.81 bits per heavy atom. The zero-order valence-electron chi connectivity index (χ0n) is 18.9. The number of allylic oxidation sites excluding steroid dienone is 2. The van der Waals surface area contributed by atoms with Gasteiger partial charge in [-0.2, -0.15) is 0 Å². The van der Waals surface area contributed by atoms with Gasteiger partial charge in [0.1, 0.15) is 0 Å². The maximum Gasteiger partial charge on any atom is -0.00853 e. The molecule has 0 aromatic heterocycles. The number of hydrogen-bond acceptors (Lipinski definition) is 0. The van der Waals surface area contributed by atoms with Crippen LogP contribution < -0.4 is 0 Å². The third kappa shape index (κ3) is 3.57. The van der Waals surface area contributed by atoms with E-state index in [0.717, 1.165) is 29.6 Å². The van der Waals surface area contributed by atoms with Crippen LogP contribution in [0.4, 0.5) is 0 Å². The summed E-state index contributed by atoms with van der Waals surface area (Å²) >= 11 is 0. The monoisotopic (exact) mass is 370 g/mol. The van der Waals surface area contributed by atoms with Gasteiger partial charge >= 0.3 is 0 Å². The number of rotatable bonds is 5. The average molecular weight is 371 g/mol. The molecule has 0 heteroatoms. The lowest BCUT2D eigenvalue weighted by molar-refractivity contribution is -0.0952. The second-order valence-electron chi connectivity index (χ2n) is 11.8. The molecule has 0 aromatic carbocycles. The maximum atomic E-state index is 2.75. The smallest absolute Gasteiger partial charge is 0.00853 e. The lowest BCUT2D eigenvalue weighted by Gasteiger charge is -2.61. The van der Waals surface area contributed by atoms with Crippen molar-refractivity contribution in [3.8, 4) is 0 Å². The van der Waals surface area contributed by atoms with Crippen LogP contribution in [0.15, 0.2) is 11.6 Å². The third-order valence-electron chi connectivity index (χ3n) is 10.0. The molecule has 6 atom stereocenters. The van der Waals surface area contributed by atoms with Crippen molar-refractivity contribution in [2.24, 2.45) is 40.4 Å². The summed E-state index contributed by atoms with van der Waals surface area (Å²) in [6, 6.07) is 0. The number of hydrogen-bond donors (Lipinski definition) is 0. The lowest BCUT2D eigenvalue weighted by atomic mass is 9.43. The van der Waals surface area contributed by atoms with Crippen molar-refractivity contribution >= 4 is 0 Å². The van der Waals surface area contributed by atoms with E-state index in [1.165, 1.54) is 83.5 Å². The molecule has 0 aliphatic heterocycles. The molecule has 0 N–H and O–H groups in total. The molecule has 27 heavy (non-hydrogen) atoms. The Kier molecular flexibility index (Phi) is 5.84. The van der Waals surface area contributed by atoms with Crippen molar-refractivity contribution in [2.45, 2.75) is 118 Å². The Hall–Kier alpha value is -0.260. The molecule has 154 valence electrons. The molecule has 0 heterocycles. The minimum Gasteiger partial charge on any atom is -0.0845 e. The predicted octanol–water partition coefficient (Wildman–Crippen LogP) is 8.56. The standard InChI is InChI=1S/C27H46/c1-20(2)10-5-6-11-21-13-9-14-24-23-16-15-22-12-7-8-18-26(22,3)25(23)17-19-27(21,24)4/h15,20-21,23-25H,5-14,16-19H2,1-4H3. The zero-order valence-corrected chi connectivity index (χ0v) is 18.9. The van der Waals surface area contributed by atoms with Crippen molar-refractivity contribution in [3.63, 3.8) is 0 Å². The molecular weight excluding hydrogens is 324 g/mol. The minimum absolute atomic E-state index is 0.576. The molecule has 3 fully saturated rings. The molecule has 0 aromatic rings. The fraction of sp³-hybridized carbons (Fsp3) is 0.926. The first-order valence-electron chi connectivity index (χ1n) is 12.6. The first-order valence-corrected chi connectivity index (χ1v) is 12.6. The van der Waals surface area contributed by atoms with Crippen LogP contribution in [0, 0.1) is 40.4 Å². The molecular formula is C27H46. The van der Waals surface area contributed by atoms with Crippen LogP contribution in [0.5, 0.6) is 0 Å². The summed E-state index contributed by atoms with van der Waals surface area (Å²) in [7, 11) is 0. The van der Waals surface area contributed by atoms with Crippen LogP contribution in [0.3, 0.4) is 0 Å². The van der Waals surface area contributed by atoms with Crippen LogP contribution >= 0.6 is 0 Å². The first-order chi connectivity index (χ1) is 12.9. The summed E-state index contributed by atoms with van der Waals surface area (Å²) in [5.74, 6) is 4.95. The van der Waals surface area contributed by atoms with E-state index in [2.05, 4.69) is 33.8 Å². The Labute approximate surface area is 170 Å². The highest BCUT2D eigenvalue weighted by atomic mass is 14.6. The fourth-order valence-electron chi connectivity index (χ4n) is 8.43. The van der Waals surface area contributed by atoms with E-state index in [9.17, 15) is 0 Å². The average Bonchev–Trinajstić information content (AvgIpc) is 2.64. The van der Waals surface area contributed by atoms with E-state index in [1.807, 2.05) is 5.57 Å². The predicted molar refractivity (Wildman–Crippen MR) is 118 cm³/mol. The molecule has 0 amide bonds. The maximum absolute atomic E-state index is 2.75. The van der Waals surface area contributed by atoms with Crippen molar-refractivity contribution in [1.82, 2.24) is 0 Å². The highest BCUT2D eigenvalue weighted by Gasteiger charge is 2.56. The first kappa shape index (κ1) is 20.0. The van der Waals surface area contributed by atoms with Gasteiger partial charge in [-0.15, -0.1) is 0 Å². The van der Waals surface area contributed by atoms with Crippen LogP contribution in [-0.2, 0) is 0 Å². The van der Waals surface area contributed by atoms with Gasteiger partial charge in [0, 0.05) is 0 Å². The van der Waals surface area contributed by atoms with Gasteiger partial charge in [0.25, 0.3) is 0 Å². The van der Waals surface area contributed by atoms with Crippen molar-refractivity contribution in [2.75, 3.05) is 0 Å². The highest BCUT2D eigenvalue weighted by Crippen LogP contribution is 2.65. The summed E-state index contributed by atoms with van der Waals surface area (Å²) in [6.07, 6.45) is 23.6. The molecule has 4 aliphatic rings. The van der Waals surface area contributed by atoms with Crippen LogP contribution in [-0.4, -0.2) is 0 Å². The molecule has 0 nitrogen and oxygen atoms in total. The van der Waals surface area contributed by atoms with Crippen LogP contribution in [0.1, 0.15) is 118 Å². The van der Waals surface area contributed by atoms with Gasteiger partial charge < -0.3 is 0 Å². The van der Waals surface area contributed by atoms with Gasteiger partial charge in [0.15, 0.2) is 0 Å². The van der Waals surface area contributed by atoms with Crippen molar-refractivity contribution < 1.29 is 0 Å². The highest BCUT2D eigenvalue weighted by molar-refractivity contribution is 5.24.